The van der Waals surface area contributed by atoms with Crippen molar-refractivity contribution in [3.63, 3.8) is 0 Å². The summed E-state index contributed by atoms with van der Waals surface area (Å²) in [6.07, 6.45) is 0. The third-order valence-corrected chi connectivity index (χ3v) is 7.57. The normalized spacial score (nSPS) is 12.7. The second-order valence-electron chi connectivity index (χ2n) is 9.86. The predicted octanol–water partition coefficient (Wildman–Crippen LogP) is 10.8. The van der Waals surface area contributed by atoms with Gasteiger partial charge in [0.1, 0.15) is 0 Å². The number of para-hydroxylation sites is 1. The zero-order chi connectivity index (χ0) is 26.9. The van der Waals surface area contributed by atoms with Gasteiger partial charge < -0.3 is 4.57 Å². The molecule has 190 valence electrons. The maximum absolute atomic E-state index is 2.49. The molecule has 0 saturated carbocycles. The molecule has 0 amide bonds. The molecule has 5 aromatic carbocycles. The van der Waals surface area contributed by atoms with Gasteiger partial charge in [0.05, 0.1) is 16.7 Å². The highest BCUT2D eigenvalue weighted by molar-refractivity contribution is 6.13. The van der Waals surface area contributed by atoms with E-state index in [0.717, 1.165) is 0 Å². The summed E-state index contributed by atoms with van der Waals surface area (Å²) in [6, 6.07) is 42.1. The minimum Gasteiger partial charge on any atom is -0.309 e. The van der Waals surface area contributed by atoms with Gasteiger partial charge in [0.2, 0.25) is 0 Å². The van der Waals surface area contributed by atoms with Crippen molar-refractivity contribution >= 4 is 21.8 Å². The number of benzene rings is 5. The van der Waals surface area contributed by atoms with Crippen molar-refractivity contribution in [2.75, 3.05) is 0 Å². The molecule has 38 heavy (non-hydrogen) atoms. The Morgan fingerprint density at radius 3 is 1.68 bits per heavy atom. The summed E-state index contributed by atoms with van der Waals surface area (Å²) in [4.78, 5) is 0. The maximum Gasteiger partial charge on any atom is 0.0582 e. The lowest BCUT2D eigenvalue weighted by Crippen LogP contribution is -2.26. The zero-order valence-corrected chi connectivity index (χ0v) is 23.4. The van der Waals surface area contributed by atoms with Gasteiger partial charge in [-0.2, -0.15) is 0 Å². The van der Waals surface area contributed by atoms with E-state index in [1.54, 1.807) is 0 Å². The van der Waals surface area contributed by atoms with Gasteiger partial charge in [-0.3, -0.25) is 0 Å². The number of rotatable bonds is 2. The van der Waals surface area contributed by atoms with Gasteiger partial charge in [-0.1, -0.05) is 126 Å². The Morgan fingerprint density at radius 1 is 0.474 bits per heavy atom. The molecule has 0 bridgehead atoms. The van der Waals surface area contributed by atoms with E-state index in [1.807, 2.05) is 27.7 Å². The lowest BCUT2D eigenvalue weighted by atomic mass is 9.74. The van der Waals surface area contributed by atoms with E-state index in [2.05, 4.69) is 134 Å². The van der Waals surface area contributed by atoms with Crippen LogP contribution < -0.4 is 0 Å². The van der Waals surface area contributed by atoms with Crippen molar-refractivity contribution in [3.8, 4) is 27.9 Å². The van der Waals surface area contributed by atoms with Crippen LogP contribution in [0.25, 0.3) is 49.7 Å². The fourth-order valence-corrected chi connectivity index (χ4v) is 5.82. The van der Waals surface area contributed by atoms with E-state index in [0.29, 0.717) is 0 Å². The second kappa shape index (κ2) is 10.3. The Morgan fingerprint density at radius 2 is 1.03 bits per heavy atom. The second-order valence-corrected chi connectivity index (χ2v) is 9.86. The van der Waals surface area contributed by atoms with Crippen LogP contribution in [0.15, 0.2) is 115 Å². The molecular weight excluding hydrogens is 458 g/mol. The molecule has 0 N–H and O–H groups in total. The minimum atomic E-state index is -0.0910. The van der Waals surface area contributed by atoms with Gasteiger partial charge in [-0.15, -0.1) is 0 Å². The van der Waals surface area contributed by atoms with Gasteiger partial charge in [-0.25, -0.2) is 0 Å². The molecule has 0 saturated heterocycles. The van der Waals surface area contributed by atoms with Crippen LogP contribution in [0.4, 0.5) is 0 Å². The SMILES string of the molecule is CC.CC.CC1(C)c2ccccc2-n2c3ccc(-c4ccccc4)cc3c3cc(-c4ccccc4)cc1c32. The number of hydrogen-bond acceptors (Lipinski definition) is 0. The molecule has 0 unspecified atom stereocenters. The van der Waals surface area contributed by atoms with Crippen molar-refractivity contribution in [1.82, 2.24) is 4.57 Å². The molecular formula is C37H37N. The number of hydrogen-bond donors (Lipinski definition) is 0. The van der Waals surface area contributed by atoms with Gasteiger partial charge >= 0.3 is 0 Å². The molecule has 6 aromatic rings. The summed E-state index contributed by atoms with van der Waals surface area (Å²) in [5, 5.41) is 2.63. The first-order valence-corrected chi connectivity index (χ1v) is 14.0. The molecule has 1 heteroatoms. The highest BCUT2D eigenvalue weighted by Gasteiger charge is 2.35. The molecule has 0 spiro atoms. The van der Waals surface area contributed by atoms with Gasteiger partial charge in [0.25, 0.3) is 0 Å². The lowest BCUT2D eigenvalue weighted by molar-refractivity contribution is 0.630. The first-order valence-electron chi connectivity index (χ1n) is 14.0. The van der Waals surface area contributed by atoms with Gasteiger partial charge in [-0.05, 0) is 63.7 Å². The Labute approximate surface area is 227 Å². The van der Waals surface area contributed by atoms with Crippen LogP contribution in [0.1, 0.15) is 52.7 Å². The van der Waals surface area contributed by atoms with Crippen molar-refractivity contribution < 1.29 is 0 Å². The Kier molecular flexibility index (Phi) is 6.95. The van der Waals surface area contributed by atoms with E-state index in [9.17, 15) is 0 Å². The van der Waals surface area contributed by atoms with Crippen LogP contribution in [0.3, 0.4) is 0 Å². The van der Waals surface area contributed by atoms with Gasteiger partial charge in [0, 0.05) is 16.2 Å². The Hall–Kier alpha value is -4.10. The van der Waals surface area contributed by atoms with E-state index in [1.165, 1.54) is 60.9 Å². The van der Waals surface area contributed by atoms with Crippen LogP contribution in [-0.2, 0) is 5.41 Å². The van der Waals surface area contributed by atoms with Crippen LogP contribution >= 0.6 is 0 Å². The zero-order valence-electron chi connectivity index (χ0n) is 23.4. The van der Waals surface area contributed by atoms with E-state index >= 15 is 0 Å². The maximum atomic E-state index is 2.49. The molecule has 7 rings (SSSR count). The molecule has 0 aliphatic carbocycles. The third-order valence-electron chi connectivity index (χ3n) is 7.57. The quantitative estimate of drug-likeness (QED) is 0.225. The van der Waals surface area contributed by atoms with Crippen molar-refractivity contribution in [1.29, 1.82) is 0 Å². The van der Waals surface area contributed by atoms with E-state index in [4.69, 9.17) is 0 Å². The van der Waals surface area contributed by atoms with Crippen molar-refractivity contribution in [2.45, 2.75) is 47.0 Å². The molecule has 2 heterocycles. The Balaban J connectivity index is 0.000000704. The standard InChI is InChI=1S/C33H25N.2C2H6/c1-33(2)28-15-9-10-16-31(28)34-30-18-17-24(22-11-5-3-6-12-22)19-26(30)27-20-25(21-29(33)32(27)34)23-13-7-4-8-14-23;2*1-2/h3-21H,1-2H3;2*1-2H3. The molecule has 1 aliphatic rings. The fourth-order valence-electron chi connectivity index (χ4n) is 5.82. The van der Waals surface area contributed by atoms with Gasteiger partial charge in [0.15, 0.2) is 0 Å². The minimum absolute atomic E-state index is 0.0910. The van der Waals surface area contributed by atoms with Crippen molar-refractivity contribution in [2.24, 2.45) is 0 Å². The number of nitrogens with zero attached hydrogens (tertiary/aromatic N) is 1. The molecule has 0 radical (unpaired) electrons. The summed E-state index contributed by atoms with van der Waals surface area (Å²) >= 11 is 0. The summed E-state index contributed by atoms with van der Waals surface area (Å²) < 4.78 is 2.49. The summed E-state index contributed by atoms with van der Waals surface area (Å²) in [6.45, 7) is 12.7. The average molecular weight is 496 g/mol. The summed E-state index contributed by atoms with van der Waals surface area (Å²) in [5.41, 5.74) is 11.6. The molecule has 1 aromatic heterocycles. The summed E-state index contributed by atoms with van der Waals surface area (Å²) in [5.74, 6) is 0. The lowest BCUT2D eigenvalue weighted by Gasteiger charge is -2.35. The largest absolute Gasteiger partial charge is 0.309 e. The smallest absolute Gasteiger partial charge is 0.0582 e. The summed E-state index contributed by atoms with van der Waals surface area (Å²) in [7, 11) is 0. The van der Waals surface area contributed by atoms with Crippen LogP contribution in [0.2, 0.25) is 0 Å². The first kappa shape index (κ1) is 25.5. The topological polar surface area (TPSA) is 4.93 Å². The van der Waals surface area contributed by atoms with Crippen LogP contribution in [0, 0.1) is 0 Å². The predicted molar refractivity (Wildman–Crippen MR) is 166 cm³/mol. The van der Waals surface area contributed by atoms with Crippen LogP contribution in [0.5, 0.6) is 0 Å². The monoisotopic (exact) mass is 495 g/mol. The van der Waals surface area contributed by atoms with E-state index in [-0.39, 0.29) is 5.41 Å². The van der Waals surface area contributed by atoms with Crippen LogP contribution in [-0.4, -0.2) is 4.57 Å². The average Bonchev–Trinajstić information content (AvgIpc) is 3.33. The highest BCUT2D eigenvalue weighted by atomic mass is 15.0. The van der Waals surface area contributed by atoms with E-state index < -0.39 is 0 Å². The third kappa shape index (κ3) is 3.94. The molecule has 1 nitrogen and oxygen atoms in total. The highest BCUT2D eigenvalue weighted by Crippen LogP contribution is 2.49. The number of fused-ring (bicyclic) bond motifs is 5. The molecule has 1 aliphatic heterocycles. The fraction of sp³-hybridized carbons (Fsp3) is 0.189. The van der Waals surface area contributed by atoms with Crippen molar-refractivity contribution in [3.05, 3.63) is 126 Å². The molecule has 0 atom stereocenters. The molecule has 0 fully saturated rings. The number of aromatic nitrogens is 1. The Bertz CT molecular complexity index is 1700. The first-order chi connectivity index (χ1) is 18.6.